The molecule has 32 heavy (non-hydrogen) atoms. The number of aryl methyl sites for hydroxylation is 1. The van der Waals surface area contributed by atoms with Gasteiger partial charge in [0.1, 0.15) is 5.41 Å². The molecule has 4 aromatic rings. The van der Waals surface area contributed by atoms with Gasteiger partial charge in [-0.3, -0.25) is 4.79 Å². The number of fused-ring (bicyclic) bond motifs is 1. The number of esters is 1. The summed E-state index contributed by atoms with van der Waals surface area (Å²) in [4.78, 5) is 17.7. The molecule has 4 rings (SSSR count). The maximum absolute atomic E-state index is 13.2. The van der Waals surface area contributed by atoms with E-state index in [4.69, 9.17) is 4.74 Å². The highest BCUT2D eigenvalue weighted by atomic mass is 16.5. The quantitative estimate of drug-likeness (QED) is 0.379. The van der Waals surface area contributed by atoms with E-state index < -0.39 is 5.41 Å². The monoisotopic (exact) mass is 425 g/mol. The van der Waals surface area contributed by atoms with Crippen LogP contribution in [0.2, 0.25) is 0 Å². The second-order valence-corrected chi connectivity index (χ2v) is 8.12. The number of aromatic nitrogens is 3. The van der Waals surface area contributed by atoms with Gasteiger partial charge in [-0.05, 0) is 50.5 Å². The third-order valence-corrected chi connectivity index (χ3v) is 5.65. The van der Waals surface area contributed by atoms with E-state index in [1.54, 1.807) is 16.9 Å². The van der Waals surface area contributed by atoms with E-state index in [0.29, 0.717) is 18.7 Å². The molecule has 2 aromatic carbocycles. The van der Waals surface area contributed by atoms with Gasteiger partial charge in [-0.25, -0.2) is 9.50 Å². The molecule has 2 heterocycles. The van der Waals surface area contributed by atoms with E-state index in [1.807, 2.05) is 62.4 Å². The molecule has 0 aliphatic rings. The first-order valence-corrected chi connectivity index (χ1v) is 10.8. The molecule has 2 aromatic heterocycles. The lowest BCUT2D eigenvalue weighted by molar-refractivity contribution is -0.149. The number of carbonyl (C=O) groups excluding carboxylic acids is 1. The number of rotatable bonds is 7. The summed E-state index contributed by atoms with van der Waals surface area (Å²) >= 11 is 0. The minimum absolute atomic E-state index is 0.274. The molecule has 0 fully saturated rings. The summed E-state index contributed by atoms with van der Waals surface area (Å²) in [6, 6.07) is 20.1. The Kier molecular flexibility index (Phi) is 6.17. The van der Waals surface area contributed by atoms with Crippen LogP contribution in [0, 0.1) is 6.92 Å². The molecule has 1 unspecified atom stereocenters. The lowest BCUT2D eigenvalue weighted by Gasteiger charge is -2.28. The second-order valence-electron chi connectivity index (χ2n) is 8.12. The Morgan fingerprint density at radius 2 is 1.81 bits per heavy atom. The molecule has 0 radical (unpaired) electrons. The summed E-state index contributed by atoms with van der Waals surface area (Å²) in [5.41, 5.74) is 4.81. The standard InChI is InChI=1S/C27H27N3O2/c1-4-32-26(31)27(3,18-22-8-6-5-7-9-22)24-16-17-28-25-23(19-29-30(24)25)15-14-21-12-10-20(2)11-13-21/h5-17,19H,4,18H2,1-3H3/b15-14+. The van der Waals surface area contributed by atoms with Gasteiger partial charge in [0.25, 0.3) is 0 Å². The molecule has 0 saturated heterocycles. The van der Waals surface area contributed by atoms with Crippen LogP contribution in [-0.4, -0.2) is 27.2 Å². The molecule has 0 spiro atoms. The third kappa shape index (κ3) is 4.33. The highest BCUT2D eigenvalue weighted by Gasteiger charge is 2.39. The summed E-state index contributed by atoms with van der Waals surface area (Å²) < 4.78 is 7.25. The minimum Gasteiger partial charge on any atom is -0.465 e. The van der Waals surface area contributed by atoms with Gasteiger partial charge in [0.15, 0.2) is 5.65 Å². The number of nitrogens with zero attached hydrogens (tertiary/aromatic N) is 3. The largest absolute Gasteiger partial charge is 0.465 e. The number of hydrogen-bond donors (Lipinski definition) is 0. The molecule has 5 nitrogen and oxygen atoms in total. The van der Waals surface area contributed by atoms with Crippen molar-refractivity contribution >= 4 is 23.8 Å². The molecule has 0 N–H and O–H groups in total. The molecular formula is C27H27N3O2. The zero-order chi connectivity index (χ0) is 22.6. The van der Waals surface area contributed by atoms with Gasteiger partial charge in [-0.1, -0.05) is 66.2 Å². The summed E-state index contributed by atoms with van der Waals surface area (Å²) in [6.45, 7) is 6.13. The van der Waals surface area contributed by atoms with Gasteiger partial charge in [0.05, 0.1) is 18.5 Å². The van der Waals surface area contributed by atoms with Crippen LogP contribution in [0.3, 0.4) is 0 Å². The smallest absolute Gasteiger partial charge is 0.318 e. The predicted octanol–water partition coefficient (Wildman–Crippen LogP) is 5.27. The summed E-state index contributed by atoms with van der Waals surface area (Å²) in [6.07, 6.45) is 8.06. The van der Waals surface area contributed by atoms with Crippen molar-refractivity contribution in [3.8, 4) is 0 Å². The summed E-state index contributed by atoms with van der Waals surface area (Å²) in [5, 5.41) is 4.59. The van der Waals surface area contributed by atoms with Crippen molar-refractivity contribution in [3.63, 3.8) is 0 Å². The van der Waals surface area contributed by atoms with Crippen molar-refractivity contribution < 1.29 is 9.53 Å². The third-order valence-electron chi connectivity index (χ3n) is 5.65. The van der Waals surface area contributed by atoms with Crippen LogP contribution in [0.1, 0.15) is 41.8 Å². The van der Waals surface area contributed by atoms with E-state index in [9.17, 15) is 4.79 Å². The maximum Gasteiger partial charge on any atom is 0.318 e. The second kappa shape index (κ2) is 9.18. The van der Waals surface area contributed by atoms with Crippen LogP contribution in [0.4, 0.5) is 0 Å². The summed E-state index contributed by atoms with van der Waals surface area (Å²) in [5.74, 6) is -0.274. The maximum atomic E-state index is 13.2. The zero-order valence-electron chi connectivity index (χ0n) is 18.7. The first-order chi connectivity index (χ1) is 15.5. The first-order valence-electron chi connectivity index (χ1n) is 10.8. The van der Waals surface area contributed by atoms with Gasteiger partial charge < -0.3 is 4.74 Å². The van der Waals surface area contributed by atoms with Crippen molar-refractivity contribution in [2.45, 2.75) is 32.6 Å². The molecular weight excluding hydrogens is 398 g/mol. The molecule has 0 aliphatic carbocycles. The van der Waals surface area contributed by atoms with Crippen molar-refractivity contribution in [3.05, 3.63) is 101 Å². The van der Waals surface area contributed by atoms with Gasteiger partial charge in [-0.15, -0.1) is 0 Å². The SMILES string of the molecule is CCOC(=O)C(C)(Cc1ccccc1)c1ccnc2c(/C=C/c3ccc(C)cc3)cnn12. The van der Waals surface area contributed by atoms with E-state index >= 15 is 0 Å². The highest BCUT2D eigenvalue weighted by Crippen LogP contribution is 2.31. The fourth-order valence-corrected chi connectivity index (χ4v) is 3.87. The Bertz CT molecular complexity index is 1240. The van der Waals surface area contributed by atoms with Crippen LogP contribution < -0.4 is 0 Å². The number of hydrogen-bond acceptors (Lipinski definition) is 4. The van der Waals surface area contributed by atoms with Crippen molar-refractivity contribution in [1.82, 2.24) is 14.6 Å². The molecule has 5 heteroatoms. The number of ether oxygens (including phenoxy) is 1. The normalized spacial score (nSPS) is 13.3. The van der Waals surface area contributed by atoms with Crippen LogP contribution in [-0.2, 0) is 21.4 Å². The Labute approximate surface area is 188 Å². The number of carbonyl (C=O) groups is 1. The van der Waals surface area contributed by atoms with Crippen molar-refractivity contribution in [1.29, 1.82) is 0 Å². The highest BCUT2D eigenvalue weighted by molar-refractivity contribution is 5.83. The van der Waals surface area contributed by atoms with E-state index in [1.165, 1.54) is 5.56 Å². The predicted molar refractivity (Wildman–Crippen MR) is 127 cm³/mol. The Balaban J connectivity index is 1.76. The Morgan fingerprint density at radius 1 is 1.06 bits per heavy atom. The average molecular weight is 426 g/mol. The van der Waals surface area contributed by atoms with Gasteiger partial charge in [-0.2, -0.15) is 5.10 Å². The molecule has 0 bridgehead atoms. The average Bonchev–Trinajstić information content (AvgIpc) is 3.22. The summed E-state index contributed by atoms with van der Waals surface area (Å²) in [7, 11) is 0. The molecule has 162 valence electrons. The number of benzene rings is 2. The van der Waals surface area contributed by atoms with E-state index in [2.05, 4.69) is 41.3 Å². The van der Waals surface area contributed by atoms with Crippen molar-refractivity contribution in [2.75, 3.05) is 6.61 Å². The van der Waals surface area contributed by atoms with Crippen LogP contribution in [0.25, 0.3) is 17.8 Å². The zero-order valence-corrected chi connectivity index (χ0v) is 18.7. The van der Waals surface area contributed by atoms with Crippen molar-refractivity contribution in [2.24, 2.45) is 0 Å². The van der Waals surface area contributed by atoms with E-state index in [0.717, 1.165) is 22.4 Å². The van der Waals surface area contributed by atoms with Gasteiger partial charge >= 0.3 is 5.97 Å². The molecule has 0 saturated carbocycles. The fraction of sp³-hybridized carbons (Fsp3) is 0.222. The van der Waals surface area contributed by atoms with Gasteiger partial charge in [0, 0.05) is 11.8 Å². The Morgan fingerprint density at radius 3 is 2.53 bits per heavy atom. The molecule has 0 amide bonds. The fourth-order valence-electron chi connectivity index (χ4n) is 3.87. The Hall–Kier alpha value is -3.73. The first kappa shape index (κ1) is 21.5. The van der Waals surface area contributed by atoms with Crippen LogP contribution in [0.5, 0.6) is 0 Å². The van der Waals surface area contributed by atoms with Crippen LogP contribution in [0.15, 0.2) is 73.1 Å². The lowest BCUT2D eigenvalue weighted by atomic mass is 9.80. The lowest BCUT2D eigenvalue weighted by Crippen LogP contribution is -2.38. The van der Waals surface area contributed by atoms with E-state index in [-0.39, 0.29) is 5.97 Å². The minimum atomic E-state index is -0.914. The van der Waals surface area contributed by atoms with Crippen LogP contribution >= 0.6 is 0 Å². The molecule has 1 atom stereocenters. The van der Waals surface area contributed by atoms with Gasteiger partial charge in [0.2, 0.25) is 0 Å². The molecule has 0 aliphatic heterocycles. The topological polar surface area (TPSA) is 56.5 Å².